The number of H-pyrrole nitrogens is 1. The molecule has 2 rings (SSSR count). The molecule has 0 aliphatic carbocycles. The van der Waals surface area contributed by atoms with Crippen LogP contribution in [0.15, 0.2) is 29.0 Å². The molecule has 0 aliphatic rings. The molecule has 2 heterocycles. The molecule has 0 fully saturated rings. The Bertz CT molecular complexity index is 439. The normalized spacial score (nSPS) is 12.6. The fourth-order valence-electron chi connectivity index (χ4n) is 1.64. The highest BCUT2D eigenvalue weighted by molar-refractivity contribution is 9.10. The molecular formula is C11H14BrN5. The Morgan fingerprint density at radius 3 is 2.88 bits per heavy atom. The molecule has 5 nitrogen and oxygen atoms in total. The topological polar surface area (TPSA) is 66.5 Å². The van der Waals surface area contributed by atoms with Gasteiger partial charge in [0.2, 0.25) is 0 Å². The van der Waals surface area contributed by atoms with E-state index < -0.39 is 0 Å². The minimum absolute atomic E-state index is 0.146. The summed E-state index contributed by atoms with van der Waals surface area (Å²) < 4.78 is 0.989. The van der Waals surface area contributed by atoms with Crippen LogP contribution in [0, 0.1) is 0 Å². The first-order chi connectivity index (χ1) is 8.29. The maximum absolute atomic E-state index is 4.36. The molecule has 2 N–H and O–H groups in total. The lowest BCUT2D eigenvalue weighted by atomic mass is 10.1. The highest BCUT2D eigenvalue weighted by atomic mass is 79.9. The highest BCUT2D eigenvalue weighted by Gasteiger charge is 2.14. The highest BCUT2D eigenvalue weighted by Crippen LogP contribution is 2.15. The molecule has 90 valence electrons. The van der Waals surface area contributed by atoms with Crippen LogP contribution in [0.3, 0.4) is 0 Å². The number of hydrogen-bond donors (Lipinski definition) is 2. The number of nitrogens with zero attached hydrogens (tertiary/aromatic N) is 3. The van der Waals surface area contributed by atoms with E-state index in [1.807, 2.05) is 12.1 Å². The third-order valence-electron chi connectivity index (χ3n) is 2.44. The van der Waals surface area contributed by atoms with Crippen LogP contribution in [0.1, 0.15) is 24.4 Å². The number of nitrogens with one attached hydrogen (secondary N) is 2. The van der Waals surface area contributed by atoms with Gasteiger partial charge in [0, 0.05) is 22.8 Å². The molecule has 1 unspecified atom stereocenters. The Balaban J connectivity index is 2.10. The summed E-state index contributed by atoms with van der Waals surface area (Å²) in [6.45, 7) is 2.95. The van der Waals surface area contributed by atoms with E-state index in [2.05, 4.69) is 48.6 Å². The van der Waals surface area contributed by atoms with Crippen LogP contribution >= 0.6 is 15.9 Å². The van der Waals surface area contributed by atoms with E-state index in [-0.39, 0.29) is 6.04 Å². The SMILES string of the molecule is CCNC(Cc1ccc(Br)cn1)c1cn[nH]n1. The maximum atomic E-state index is 4.36. The molecule has 1 atom stereocenters. The molecule has 0 spiro atoms. The zero-order valence-corrected chi connectivity index (χ0v) is 11.1. The Morgan fingerprint density at radius 2 is 2.29 bits per heavy atom. The largest absolute Gasteiger partial charge is 0.308 e. The molecule has 0 radical (unpaired) electrons. The molecule has 2 aromatic heterocycles. The monoisotopic (exact) mass is 295 g/mol. The van der Waals surface area contributed by atoms with Gasteiger partial charge in [0.05, 0.1) is 17.9 Å². The van der Waals surface area contributed by atoms with Gasteiger partial charge in [0.15, 0.2) is 0 Å². The number of likely N-dealkylation sites (N-methyl/N-ethyl adjacent to an activating group) is 1. The van der Waals surface area contributed by atoms with Crippen LogP contribution in [0.4, 0.5) is 0 Å². The van der Waals surface area contributed by atoms with Gasteiger partial charge in [0.25, 0.3) is 0 Å². The Kier molecular flexibility index (Phi) is 4.22. The second-order valence-corrected chi connectivity index (χ2v) is 4.59. The lowest BCUT2D eigenvalue weighted by molar-refractivity contribution is 0.530. The summed E-state index contributed by atoms with van der Waals surface area (Å²) in [5.41, 5.74) is 1.94. The van der Waals surface area contributed by atoms with Gasteiger partial charge < -0.3 is 5.32 Å². The van der Waals surface area contributed by atoms with E-state index >= 15 is 0 Å². The molecule has 0 aliphatic heterocycles. The summed E-state index contributed by atoms with van der Waals surface area (Å²) >= 11 is 3.38. The summed E-state index contributed by atoms with van der Waals surface area (Å²) in [6.07, 6.45) is 4.35. The van der Waals surface area contributed by atoms with Crippen molar-refractivity contribution in [1.29, 1.82) is 0 Å². The van der Waals surface area contributed by atoms with E-state index in [4.69, 9.17) is 0 Å². The van der Waals surface area contributed by atoms with E-state index in [1.54, 1.807) is 12.4 Å². The molecule has 2 aromatic rings. The number of halogens is 1. The molecule has 0 bridgehead atoms. The number of aromatic nitrogens is 4. The fraction of sp³-hybridized carbons (Fsp3) is 0.364. The lowest BCUT2D eigenvalue weighted by Gasteiger charge is -2.14. The zero-order chi connectivity index (χ0) is 12.1. The molecule has 0 aromatic carbocycles. The van der Waals surface area contributed by atoms with Crippen molar-refractivity contribution in [2.45, 2.75) is 19.4 Å². The lowest BCUT2D eigenvalue weighted by Crippen LogP contribution is -2.23. The van der Waals surface area contributed by atoms with E-state index in [9.17, 15) is 0 Å². The van der Waals surface area contributed by atoms with Crippen molar-refractivity contribution in [2.24, 2.45) is 0 Å². The van der Waals surface area contributed by atoms with Crippen LogP contribution in [-0.2, 0) is 6.42 Å². The predicted octanol–water partition coefficient (Wildman–Crippen LogP) is 1.86. The first kappa shape index (κ1) is 12.2. The van der Waals surface area contributed by atoms with Gasteiger partial charge in [-0.1, -0.05) is 6.92 Å². The van der Waals surface area contributed by atoms with Gasteiger partial charge in [-0.25, -0.2) is 0 Å². The van der Waals surface area contributed by atoms with Gasteiger partial charge in [-0.15, -0.1) is 0 Å². The van der Waals surface area contributed by atoms with Gasteiger partial charge >= 0.3 is 0 Å². The molecule has 0 saturated heterocycles. The fourth-order valence-corrected chi connectivity index (χ4v) is 1.88. The van der Waals surface area contributed by atoms with Crippen molar-refractivity contribution >= 4 is 15.9 Å². The van der Waals surface area contributed by atoms with Crippen LogP contribution in [0.25, 0.3) is 0 Å². The molecule has 17 heavy (non-hydrogen) atoms. The minimum atomic E-state index is 0.146. The van der Waals surface area contributed by atoms with Crippen molar-refractivity contribution in [3.8, 4) is 0 Å². The third kappa shape index (κ3) is 3.34. The maximum Gasteiger partial charge on any atom is 0.0997 e. The Morgan fingerprint density at radius 1 is 1.41 bits per heavy atom. The van der Waals surface area contributed by atoms with Crippen LogP contribution in [0.5, 0.6) is 0 Å². The summed E-state index contributed by atoms with van der Waals surface area (Å²) in [6, 6.07) is 4.15. The summed E-state index contributed by atoms with van der Waals surface area (Å²) in [5.74, 6) is 0. The number of aromatic amines is 1. The van der Waals surface area contributed by atoms with Crippen molar-refractivity contribution in [2.75, 3.05) is 6.54 Å². The average Bonchev–Trinajstić information content (AvgIpc) is 2.85. The minimum Gasteiger partial charge on any atom is -0.308 e. The summed E-state index contributed by atoms with van der Waals surface area (Å²) in [4.78, 5) is 4.36. The second kappa shape index (κ2) is 5.88. The summed E-state index contributed by atoms with van der Waals surface area (Å²) in [5, 5.41) is 14.0. The van der Waals surface area contributed by atoms with Crippen molar-refractivity contribution in [1.82, 2.24) is 25.7 Å². The Labute approximate surface area is 108 Å². The van der Waals surface area contributed by atoms with Crippen molar-refractivity contribution in [3.05, 3.63) is 40.4 Å². The molecule has 0 amide bonds. The molecule has 6 heteroatoms. The van der Waals surface area contributed by atoms with Crippen molar-refractivity contribution in [3.63, 3.8) is 0 Å². The smallest absolute Gasteiger partial charge is 0.0997 e. The number of rotatable bonds is 5. The quantitative estimate of drug-likeness (QED) is 0.884. The van der Waals surface area contributed by atoms with E-state index in [0.29, 0.717) is 0 Å². The average molecular weight is 296 g/mol. The standard InChI is InChI=1S/C11H14BrN5/c1-2-13-10(11-7-15-17-16-11)5-9-4-3-8(12)6-14-9/h3-4,6-7,10,13H,2,5H2,1H3,(H,15,16,17). The number of pyridine rings is 1. The third-order valence-corrected chi connectivity index (χ3v) is 2.91. The van der Waals surface area contributed by atoms with Gasteiger partial charge in [-0.3, -0.25) is 4.98 Å². The van der Waals surface area contributed by atoms with Gasteiger partial charge in [-0.2, -0.15) is 15.4 Å². The van der Waals surface area contributed by atoms with E-state index in [0.717, 1.165) is 28.8 Å². The van der Waals surface area contributed by atoms with Crippen LogP contribution in [0.2, 0.25) is 0 Å². The van der Waals surface area contributed by atoms with Crippen LogP contribution in [-0.4, -0.2) is 26.9 Å². The van der Waals surface area contributed by atoms with Crippen LogP contribution < -0.4 is 5.32 Å². The second-order valence-electron chi connectivity index (χ2n) is 3.68. The molecule has 0 saturated carbocycles. The molecular weight excluding hydrogens is 282 g/mol. The predicted molar refractivity (Wildman–Crippen MR) is 68.4 cm³/mol. The first-order valence-corrected chi connectivity index (χ1v) is 6.28. The van der Waals surface area contributed by atoms with E-state index in [1.165, 1.54) is 0 Å². The zero-order valence-electron chi connectivity index (χ0n) is 9.52. The van der Waals surface area contributed by atoms with Crippen molar-refractivity contribution < 1.29 is 0 Å². The first-order valence-electron chi connectivity index (χ1n) is 5.49. The van der Waals surface area contributed by atoms with Gasteiger partial charge in [0.1, 0.15) is 0 Å². The number of hydrogen-bond acceptors (Lipinski definition) is 4. The summed E-state index contributed by atoms with van der Waals surface area (Å²) in [7, 11) is 0. The Hall–Kier alpha value is -1.27. The van der Waals surface area contributed by atoms with Gasteiger partial charge in [-0.05, 0) is 34.6 Å².